The molecule has 1 heterocycles. The van der Waals surface area contributed by atoms with Crippen LogP contribution in [0.1, 0.15) is 5.56 Å². The average molecular weight is 296 g/mol. The van der Waals surface area contributed by atoms with Crippen LogP contribution in [0.3, 0.4) is 0 Å². The van der Waals surface area contributed by atoms with Gasteiger partial charge in [0.25, 0.3) is 0 Å². The number of H-pyrrole nitrogens is 1. The van der Waals surface area contributed by atoms with E-state index in [1.165, 1.54) is 28.6 Å². The Morgan fingerprint density at radius 1 is 1.45 bits per heavy atom. The minimum atomic E-state index is -0.845. The largest absolute Gasteiger partial charge is 0.339 e. The lowest BCUT2D eigenvalue weighted by molar-refractivity contribution is 0.596. The summed E-state index contributed by atoms with van der Waals surface area (Å²) in [6.45, 7) is 0.484. The molecule has 0 saturated carbocycles. The highest BCUT2D eigenvalue weighted by atomic mass is 32.2. The minimum Gasteiger partial charge on any atom is -0.316 e. The first-order valence-corrected chi connectivity index (χ1v) is 6.61. The molecule has 0 bridgehead atoms. The zero-order valence-corrected chi connectivity index (χ0v) is 11.8. The third-order valence-corrected chi connectivity index (χ3v) is 3.70. The number of nitrogens with one attached hydrogen (secondary N) is 2. The summed E-state index contributed by atoms with van der Waals surface area (Å²) in [5, 5.41) is 5.64. The summed E-state index contributed by atoms with van der Waals surface area (Å²) in [5.74, 6) is -0.331. The molecule has 0 spiro atoms. The number of nitrogens with zero attached hydrogens (tertiary/aromatic N) is 2. The molecule has 0 aliphatic carbocycles. The Morgan fingerprint density at radius 3 is 2.90 bits per heavy atom. The zero-order chi connectivity index (χ0) is 14.7. The summed E-state index contributed by atoms with van der Waals surface area (Å²) in [6.07, 6.45) is 0. The van der Waals surface area contributed by atoms with Gasteiger partial charge in [0.05, 0.1) is 0 Å². The van der Waals surface area contributed by atoms with Gasteiger partial charge in [0.2, 0.25) is 0 Å². The van der Waals surface area contributed by atoms with E-state index in [1.807, 2.05) is 0 Å². The number of hydrogen-bond acceptors (Lipinski definition) is 5. The van der Waals surface area contributed by atoms with Crippen molar-refractivity contribution in [3.05, 3.63) is 50.3 Å². The van der Waals surface area contributed by atoms with Crippen LogP contribution in [-0.2, 0) is 13.6 Å². The van der Waals surface area contributed by atoms with Gasteiger partial charge in [-0.3, -0.25) is 19.4 Å². The molecule has 0 aliphatic rings. The zero-order valence-electron chi connectivity index (χ0n) is 10.9. The molecule has 8 heteroatoms. The van der Waals surface area contributed by atoms with Gasteiger partial charge < -0.3 is 5.32 Å². The summed E-state index contributed by atoms with van der Waals surface area (Å²) in [7, 11) is 3.34. The second-order valence-electron chi connectivity index (χ2n) is 4.08. The molecule has 2 N–H and O–H groups in total. The molecule has 106 valence electrons. The predicted molar refractivity (Wildman–Crippen MR) is 73.4 cm³/mol. The fourth-order valence-electron chi connectivity index (χ4n) is 1.63. The topological polar surface area (TPSA) is 79.8 Å². The van der Waals surface area contributed by atoms with Gasteiger partial charge in [-0.15, -0.1) is 0 Å². The number of aromatic nitrogens is 3. The number of rotatable bonds is 4. The molecule has 6 nitrogen and oxygen atoms in total. The Bertz CT molecular complexity index is 741. The summed E-state index contributed by atoms with van der Waals surface area (Å²) in [4.78, 5) is 26.9. The maximum atomic E-state index is 13.3. The smallest absolute Gasteiger partial charge is 0.316 e. The molecule has 1 aromatic carbocycles. The van der Waals surface area contributed by atoms with E-state index in [-0.39, 0.29) is 5.82 Å². The highest BCUT2D eigenvalue weighted by Crippen LogP contribution is 2.28. The third kappa shape index (κ3) is 3.14. The SMILES string of the molecule is CNCc1cc(F)ccc1Sc1nc(=O)c(=O)[nH]n1C. The van der Waals surface area contributed by atoms with E-state index < -0.39 is 11.1 Å². The minimum absolute atomic E-state index is 0.331. The van der Waals surface area contributed by atoms with Gasteiger partial charge in [-0.25, -0.2) is 4.39 Å². The predicted octanol–water partition coefficient (Wildman–Crippen LogP) is 0.478. The molecule has 0 amide bonds. The number of aromatic amines is 1. The molecule has 0 saturated heterocycles. The fourth-order valence-corrected chi connectivity index (χ4v) is 2.53. The highest BCUT2D eigenvalue weighted by molar-refractivity contribution is 7.99. The maximum absolute atomic E-state index is 13.3. The lowest BCUT2D eigenvalue weighted by atomic mass is 10.2. The van der Waals surface area contributed by atoms with Crippen LogP contribution in [0.25, 0.3) is 0 Å². The lowest BCUT2D eigenvalue weighted by Gasteiger charge is -2.10. The van der Waals surface area contributed by atoms with Crippen molar-refractivity contribution in [1.82, 2.24) is 20.1 Å². The van der Waals surface area contributed by atoms with Crippen LogP contribution in [0.5, 0.6) is 0 Å². The van der Waals surface area contributed by atoms with Gasteiger partial charge in [0, 0.05) is 18.5 Å². The summed E-state index contributed by atoms with van der Waals surface area (Å²) >= 11 is 1.19. The van der Waals surface area contributed by atoms with Crippen LogP contribution in [0.15, 0.2) is 37.8 Å². The van der Waals surface area contributed by atoms with Crippen molar-refractivity contribution < 1.29 is 4.39 Å². The monoisotopic (exact) mass is 296 g/mol. The molecule has 0 fully saturated rings. The number of benzene rings is 1. The Hall–Kier alpha value is -1.93. The second kappa shape index (κ2) is 6.02. The number of aryl methyl sites for hydroxylation is 1. The number of halogens is 1. The van der Waals surface area contributed by atoms with E-state index in [1.54, 1.807) is 20.2 Å². The van der Waals surface area contributed by atoms with Crippen molar-refractivity contribution in [3.63, 3.8) is 0 Å². The normalized spacial score (nSPS) is 10.8. The molecule has 0 radical (unpaired) electrons. The van der Waals surface area contributed by atoms with Gasteiger partial charge in [-0.05, 0) is 42.6 Å². The highest BCUT2D eigenvalue weighted by Gasteiger charge is 2.10. The first kappa shape index (κ1) is 14.5. The van der Waals surface area contributed by atoms with Gasteiger partial charge in [-0.1, -0.05) is 0 Å². The molecular weight excluding hydrogens is 283 g/mol. The van der Waals surface area contributed by atoms with Crippen LogP contribution in [0, 0.1) is 5.82 Å². The van der Waals surface area contributed by atoms with Crippen molar-refractivity contribution in [2.24, 2.45) is 7.05 Å². The van der Waals surface area contributed by atoms with E-state index in [0.717, 1.165) is 10.5 Å². The molecule has 0 aliphatic heterocycles. The van der Waals surface area contributed by atoms with Crippen molar-refractivity contribution in [1.29, 1.82) is 0 Å². The van der Waals surface area contributed by atoms with Crippen LogP contribution in [-0.4, -0.2) is 21.8 Å². The molecule has 0 unspecified atom stereocenters. The summed E-state index contributed by atoms with van der Waals surface area (Å²) < 4.78 is 14.6. The van der Waals surface area contributed by atoms with Crippen LogP contribution < -0.4 is 16.4 Å². The Labute approximate surface area is 118 Å². The molecule has 20 heavy (non-hydrogen) atoms. The average Bonchev–Trinajstić information content (AvgIpc) is 2.39. The lowest BCUT2D eigenvalue weighted by Crippen LogP contribution is -2.33. The Balaban J connectivity index is 2.42. The first-order chi connectivity index (χ1) is 9.51. The molecular formula is C12H13FN4O2S. The molecule has 1 aromatic heterocycles. The Morgan fingerprint density at radius 2 is 2.20 bits per heavy atom. The Kier molecular flexibility index (Phi) is 4.35. The van der Waals surface area contributed by atoms with Crippen LogP contribution in [0.2, 0.25) is 0 Å². The molecule has 0 atom stereocenters. The van der Waals surface area contributed by atoms with E-state index in [9.17, 15) is 14.0 Å². The summed E-state index contributed by atoms with van der Waals surface area (Å²) in [6, 6.07) is 4.37. The van der Waals surface area contributed by atoms with Gasteiger partial charge in [-0.2, -0.15) is 4.98 Å². The van der Waals surface area contributed by atoms with E-state index in [0.29, 0.717) is 11.7 Å². The van der Waals surface area contributed by atoms with Crippen LogP contribution >= 0.6 is 11.8 Å². The quantitative estimate of drug-likeness (QED) is 0.802. The van der Waals surface area contributed by atoms with Crippen molar-refractivity contribution in [3.8, 4) is 0 Å². The van der Waals surface area contributed by atoms with E-state index in [4.69, 9.17) is 0 Å². The van der Waals surface area contributed by atoms with Crippen LogP contribution in [0.4, 0.5) is 4.39 Å². The first-order valence-electron chi connectivity index (χ1n) is 5.79. The number of hydrogen-bond donors (Lipinski definition) is 2. The van der Waals surface area contributed by atoms with E-state index >= 15 is 0 Å². The standard InChI is InChI=1S/C12H13FN4O2S/c1-14-6-7-5-8(13)3-4-9(7)20-12-15-10(18)11(19)16-17(12)2/h3-5,14H,6H2,1-2H3,(H,16,19). The third-order valence-electron chi connectivity index (χ3n) is 2.54. The van der Waals surface area contributed by atoms with Gasteiger partial charge >= 0.3 is 11.1 Å². The van der Waals surface area contributed by atoms with Gasteiger partial charge in [0.15, 0.2) is 5.16 Å². The van der Waals surface area contributed by atoms with E-state index in [2.05, 4.69) is 15.4 Å². The molecule has 2 rings (SSSR count). The fraction of sp³-hybridized carbons (Fsp3) is 0.250. The van der Waals surface area contributed by atoms with Crippen molar-refractivity contribution in [2.45, 2.75) is 16.6 Å². The molecule has 2 aromatic rings. The van der Waals surface area contributed by atoms with Crippen molar-refractivity contribution >= 4 is 11.8 Å². The van der Waals surface area contributed by atoms with Gasteiger partial charge in [0.1, 0.15) is 5.82 Å². The summed E-state index contributed by atoms with van der Waals surface area (Å²) in [5.41, 5.74) is -0.868. The second-order valence-corrected chi connectivity index (χ2v) is 5.09. The maximum Gasteiger partial charge on any atom is 0.339 e. The van der Waals surface area contributed by atoms with Crippen molar-refractivity contribution in [2.75, 3.05) is 7.05 Å².